The highest BCUT2D eigenvalue weighted by molar-refractivity contribution is 6.04. The molecule has 2 aromatic rings. The number of para-hydroxylation sites is 1. The summed E-state index contributed by atoms with van der Waals surface area (Å²) in [5, 5.41) is 10.6. The van der Waals surface area contributed by atoms with Crippen molar-refractivity contribution in [3.05, 3.63) is 60.2 Å². The van der Waals surface area contributed by atoms with E-state index < -0.39 is 5.91 Å². The summed E-state index contributed by atoms with van der Waals surface area (Å²) in [6, 6.07) is 15.5. The van der Waals surface area contributed by atoms with Gasteiger partial charge in [0.1, 0.15) is 5.75 Å². The Hall–Kier alpha value is -2.33. The zero-order valence-corrected chi connectivity index (χ0v) is 12.7. The molecule has 0 saturated carbocycles. The third-order valence-electron chi connectivity index (χ3n) is 3.31. The minimum absolute atomic E-state index is 0.410. The molecule has 1 amide bonds. The second kappa shape index (κ2) is 8.20. The van der Waals surface area contributed by atoms with Gasteiger partial charge < -0.3 is 4.74 Å². The summed E-state index contributed by atoms with van der Waals surface area (Å²) in [6.07, 6.45) is 3.32. The maximum atomic E-state index is 12.2. The van der Waals surface area contributed by atoms with E-state index in [4.69, 9.17) is 4.74 Å². The molecule has 2 rings (SSSR count). The fraction of sp³-hybridized carbons (Fsp3) is 0.278. The molecule has 0 spiro atoms. The topological polar surface area (TPSA) is 49.8 Å². The van der Waals surface area contributed by atoms with Gasteiger partial charge in [0.2, 0.25) is 0 Å². The van der Waals surface area contributed by atoms with Gasteiger partial charge in [-0.25, -0.2) is 0 Å². The van der Waals surface area contributed by atoms with Gasteiger partial charge in [-0.1, -0.05) is 38.0 Å². The van der Waals surface area contributed by atoms with Crippen LogP contribution in [0.25, 0.3) is 0 Å². The van der Waals surface area contributed by atoms with Gasteiger partial charge in [-0.3, -0.25) is 10.0 Å². The molecule has 0 saturated heterocycles. The SMILES string of the molecule is CCCCCOc1ccc(C(=O)N(O)c2ccccc2)cc1. The number of carbonyl (C=O) groups is 1. The molecule has 0 bridgehead atoms. The molecule has 0 radical (unpaired) electrons. The van der Waals surface area contributed by atoms with Crippen LogP contribution in [0.5, 0.6) is 5.75 Å². The Morgan fingerprint density at radius 1 is 1.05 bits per heavy atom. The molecule has 4 nitrogen and oxygen atoms in total. The highest BCUT2D eigenvalue weighted by Crippen LogP contribution is 2.17. The van der Waals surface area contributed by atoms with E-state index in [2.05, 4.69) is 6.92 Å². The van der Waals surface area contributed by atoms with Crippen molar-refractivity contribution >= 4 is 11.6 Å². The van der Waals surface area contributed by atoms with Gasteiger partial charge >= 0.3 is 0 Å². The molecule has 1 N–H and O–H groups in total. The van der Waals surface area contributed by atoms with Gasteiger partial charge in [0, 0.05) is 5.56 Å². The monoisotopic (exact) mass is 299 g/mol. The quantitative estimate of drug-likeness (QED) is 0.471. The Bertz CT molecular complexity index is 581. The number of ether oxygens (including phenoxy) is 1. The average Bonchev–Trinajstić information content (AvgIpc) is 2.59. The molecule has 0 aliphatic rings. The van der Waals surface area contributed by atoms with Gasteiger partial charge in [0.05, 0.1) is 12.3 Å². The van der Waals surface area contributed by atoms with Crippen molar-refractivity contribution in [1.82, 2.24) is 0 Å². The minimum atomic E-state index is -0.469. The van der Waals surface area contributed by atoms with Crippen molar-refractivity contribution in [2.75, 3.05) is 11.7 Å². The van der Waals surface area contributed by atoms with Crippen LogP contribution in [0.15, 0.2) is 54.6 Å². The first-order chi connectivity index (χ1) is 10.7. The Balaban J connectivity index is 1.96. The first kappa shape index (κ1) is 16.0. The lowest BCUT2D eigenvalue weighted by Crippen LogP contribution is -2.26. The summed E-state index contributed by atoms with van der Waals surface area (Å²) in [5.74, 6) is 0.264. The highest BCUT2D eigenvalue weighted by Gasteiger charge is 2.15. The van der Waals surface area contributed by atoms with Crippen molar-refractivity contribution < 1.29 is 14.7 Å². The predicted molar refractivity (Wildman–Crippen MR) is 86.5 cm³/mol. The Morgan fingerprint density at radius 3 is 2.36 bits per heavy atom. The summed E-state index contributed by atoms with van der Waals surface area (Å²) in [6.45, 7) is 2.82. The van der Waals surface area contributed by atoms with Crippen LogP contribution in [0.4, 0.5) is 5.69 Å². The highest BCUT2D eigenvalue weighted by atomic mass is 16.5. The van der Waals surface area contributed by atoms with Gasteiger partial charge in [0.25, 0.3) is 5.91 Å². The van der Waals surface area contributed by atoms with Crippen LogP contribution in [0.2, 0.25) is 0 Å². The van der Waals surface area contributed by atoms with Crippen LogP contribution in [0.1, 0.15) is 36.5 Å². The van der Waals surface area contributed by atoms with E-state index in [1.165, 1.54) is 0 Å². The number of carbonyl (C=O) groups excluding carboxylic acids is 1. The number of unbranched alkanes of at least 4 members (excludes halogenated alkanes) is 2. The Morgan fingerprint density at radius 2 is 1.73 bits per heavy atom. The second-order valence-corrected chi connectivity index (χ2v) is 5.03. The van der Waals surface area contributed by atoms with Crippen LogP contribution in [-0.2, 0) is 0 Å². The normalized spacial score (nSPS) is 10.3. The maximum Gasteiger partial charge on any atom is 0.281 e. The summed E-state index contributed by atoms with van der Waals surface area (Å²) < 4.78 is 5.60. The van der Waals surface area contributed by atoms with Crippen molar-refractivity contribution in [1.29, 1.82) is 0 Å². The van der Waals surface area contributed by atoms with Crippen molar-refractivity contribution in [2.45, 2.75) is 26.2 Å². The van der Waals surface area contributed by atoms with Crippen LogP contribution in [-0.4, -0.2) is 17.7 Å². The number of hydrogen-bond acceptors (Lipinski definition) is 3. The Labute approximate surface area is 130 Å². The van der Waals surface area contributed by atoms with Crippen molar-refractivity contribution in [3.63, 3.8) is 0 Å². The van der Waals surface area contributed by atoms with Gasteiger partial charge in [-0.15, -0.1) is 0 Å². The number of benzene rings is 2. The summed E-state index contributed by atoms with van der Waals surface area (Å²) in [4.78, 5) is 12.2. The van der Waals surface area contributed by atoms with Crippen LogP contribution < -0.4 is 9.80 Å². The molecule has 4 heteroatoms. The lowest BCUT2D eigenvalue weighted by Gasteiger charge is -2.15. The van der Waals surface area contributed by atoms with E-state index >= 15 is 0 Å². The zero-order chi connectivity index (χ0) is 15.8. The third kappa shape index (κ3) is 4.33. The second-order valence-electron chi connectivity index (χ2n) is 5.03. The fourth-order valence-electron chi connectivity index (χ4n) is 2.04. The molecule has 0 aliphatic heterocycles. The molecule has 0 unspecified atom stereocenters. The number of nitrogens with zero attached hydrogens (tertiary/aromatic N) is 1. The van der Waals surface area contributed by atoms with Crippen molar-refractivity contribution in [2.24, 2.45) is 0 Å². The number of hydrogen-bond donors (Lipinski definition) is 1. The number of anilines is 1. The molecular formula is C18H21NO3. The fourth-order valence-corrected chi connectivity index (χ4v) is 2.04. The largest absolute Gasteiger partial charge is 0.494 e. The van der Waals surface area contributed by atoms with E-state index in [-0.39, 0.29) is 0 Å². The number of amides is 1. The molecule has 0 fully saturated rings. The lowest BCUT2D eigenvalue weighted by molar-refractivity contribution is 0.0854. The molecule has 0 aromatic heterocycles. The molecule has 2 aromatic carbocycles. The number of rotatable bonds is 7. The average molecular weight is 299 g/mol. The van der Waals surface area contributed by atoms with Gasteiger partial charge in [-0.2, -0.15) is 5.06 Å². The smallest absolute Gasteiger partial charge is 0.281 e. The first-order valence-electron chi connectivity index (χ1n) is 7.53. The molecule has 22 heavy (non-hydrogen) atoms. The molecule has 0 heterocycles. The Kier molecular flexibility index (Phi) is 5.98. The van der Waals surface area contributed by atoms with E-state index in [1.54, 1.807) is 48.5 Å². The maximum absolute atomic E-state index is 12.2. The summed E-state index contributed by atoms with van der Waals surface area (Å²) >= 11 is 0. The van der Waals surface area contributed by atoms with E-state index in [9.17, 15) is 10.0 Å². The molecule has 0 aliphatic carbocycles. The van der Waals surface area contributed by atoms with Gasteiger partial charge in [0.15, 0.2) is 0 Å². The van der Waals surface area contributed by atoms with Crippen LogP contribution in [0, 0.1) is 0 Å². The first-order valence-corrected chi connectivity index (χ1v) is 7.53. The van der Waals surface area contributed by atoms with E-state index in [0.717, 1.165) is 25.0 Å². The molecule has 116 valence electrons. The van der Waals surface area contributed by atoms with Gasteiger partial charge in [-0.05, 0) is 42.8 Å². The third-order valence-corrected chi connectivity index (χ3v) is 3.31. The van der Waals surface area contributed by atoms with Crippen LogP contribution in [0.3, 0.4) is 0 Å². The zero-order valence-electron chi connectivity index (χ0n) is 12.7. The lowest BCUT2D eigenvalue weighted by atomic mass is 10.2. The summed E-state index contributed by atoms with van der Waals surface area (Å²) in [7, 11) is 0. The van der Waals surface area contributed by atoms with Crippen LogP contribution >= 0.6 is 0 Å². The van der Waals surface area contributed by atoms with E-state index in [1.807, 2.05) is 6.07 Å². The molecule has 0 atom stereocenters. The van der Waals surface area contributed by atoms with Crippen molar-refractivity contribution in [3.8, 4) is 5.75 Å². The summed E-state index contributed by atoms with van der Waals surface area (Å²) in [5.41, 5.74) is 0.847. The number of hydroxylamine groups is 1. The predicted octanol–water partition coefficient (Wildman–Crippen LogP) is 4.29. The molecular weight excluding hydrogens is 278 g/mol. The standard InChI is InChI=1S/C18H21NO3/c1-2-3-7-14-22-17-12-10-15(11-13-17)18(20)19(21)16-8-5-4-6-9-16/h4-6,8-13,21H,2-3,7,14H2,1H3. The minimum Gasteiger partial charge on any atom is -0.494 e. The van der Waals surface area contributed by atoms with E-state index in [0.29, 0.717) is 22.9 Å².